The van der Waals surface area contributed by atoms with Crippen LogP contribution in [0.1, 0.15) is 16.8 Å². The maximum atomic E-state index is 13.4. The highest BCUT2D eigenvalue weighted by molar-refractivity contribution is 7.89. The standard InChI is InChI=1S/C10H13FN2O4S/c11-8-6-7(10(14)15)2-3-9(8)13-4-1-5-18(12,16)17/h2-3,6,13H,1,4-5H2,(H,14,15)(H2,12,16,17). The van der Waals surface area contributed by atoms with E-state index in [0.29, 0.717) is 0 Å². The zero-order valence-electron chi connectivity index (χ0n) is 9.39. The first kappa shape index (κ1) is 14.4. The van der Waals surface area contributed by atoms with Crippen LogP contribution >= 0.6 is 0 Å². The first-order valence-electron chi connectivity index (χ1n) is 5.07. The van der Waals surface area contributed by atoms with Crippen LogP contribution in [-0.4, -0.2) is 31.8 Å². The van der Waals surface area contributed by atoms with Crippen molar-refractivity contribution >= 4 is 21.7 Å². The van der Waals surface area contributed by atoms with Gasteiger partial charge in [-0.05, 0) is 24.6 Å². The molecule has 0 heterocycles. The molecule has 0 bridgehead atoms. The van der Waals surface area contributed by atoms with Gasteiger partial charge in [-0.15, -0.1) is 0 Å². The summed E-state index contributed by atoms with van der Waals surface area (Å²) in [4.78, 5) is 10.6. The zero-order chi connectivity index (χ0) is 13.8. The highest BCUT2D eigenvalue weighted by atomic mass is 32.2. The first-order chi connectivity index (χ1) is 8.29. The number of carboxylic acids is 1. The number of halogens is 1. The topological polar surface area (TPSA) is 109 Å². The molecule has 4 N–H and O–H groups in total. The number of sulfonamides is 1. The fourth-order valence-corrected chi connectivity index (χ4v) is 1.83. The van der Waals surface area contributed by atoms with Gasteiger partial charge in [0.1, 0.15) is 5.82 Å². The van der Waals surface area contributed by atoms with Crippen LogP contribution in [0.2, 0.25) is 0 Å². The molecular formula is C10H13FN2O4S. The van der Waals surface area contributed by atoms with Crippen molar-refractivity contribution in [3.8, 4) is 0 Å². The van der Waals surface area contributed by atoms with Crippen molar-refractivity contribution in [2.24, 2.45) is 5.14 Å². The molecule has 8 heteroatoms. The largest absolute Gasteiger partial charge is 0.478 e. The van der Waals surface area contributed by atoms with Gasteiger partial charge in [-0.3, -0.25) is 0 Å². The number of rotatable bonds is 6. The number of hydrogen-bond acceptors (Lipinski definition) is 4. The third-order valence-corrected chi connectivity index (χ3v) is 2.99. The lowest BCUT2D eigenvalue weighted by molar-refractivity contribution is 0.0696. The Kier molecular flexibility index (Phi) is 4.62. The number of carboxylic acid groups (broad SMARTS) is 1. The number of primary sulfonamides is 1. The molecule has 0 radical (unpaired) electrons. The smallest absolute Gasteiger partial charge is 0.335 e. The van der Waals surface area contributed by atoms with Crippen molar-refractivity contribution in [3.63, 3.8) is 0 Å². The number of benzene rings is 1. The lowest BCUT2D eigenvalue weighted by atomic mass is 10.2. The summed E-state index contributed by atoms with van der Waals surface area (Å²) in [6.45, 7) is 0.222. The predicted octanol–water partition coefficient (Wildman–Crippen LogP) is 0.614. The maximum absolute atomic E-state index is 13.4. The Morgan fingerprint density at radius 1 is 1.44 bits per heavy atom. The molecule has 0 atom stereocenters. The van der Waals surface area contributed by atoms with Gasteiger partial charge in [0.15, 0.2) is 0 Å². The summed E-state index contributed by atoms with van der Waals surface area (Å²) in [6, 6.07) is 3.44. The highest BCUT2D eigenvalue weighted by Crippen LogP contribution is 2.15. The summed E-state index contributed by atoms with van der Waals surface area (Å²) in [5.41, 5.74) is -0.0306. The van der Waals surface area contributed by atoms with Crippen LogP contribution in [0, 0.1) is 5.82 Å². The Balaban J connectivity index is 2.56. The summed E-state index contributed by atoms with van der Waals surface area (Å²) < 4.78 is 34.7. The summed E-state index contributed by atoms with van der Waals surface area (Å²) in [6.07, 6.45) is 0.235. The van der Waals surface area contributed by atoms with Crippen LogP contribution in [0.3, 0.4) is 0 Å². The minimum absolute atomic E-state index is 0.120. The molecule has 0 fully saturated rings. The van der Waals surface area contributed by atoms with E-state index in [-0.39, 0.29) is 30.0 Å². The maximum Gasteiger partial charge on any atom is 0.335 e. The van der Waals surface area contributed by atoms with Crippen LogP contribution < -0.4 is 10.5 Å². The molecule has 6 nitrogen and oxygen atoms in total. The molecule has 100 valence electrons. The van der Waals surface area contributed by atoms with Crippen molar-refractivity contribution in [1.29, 1.82) is 0 Å². The minimum Gasteiger partial charge on any atom is -0.478 e. The quantitative estimate of drug-likeness (QED) is 0.660. The van der Waals surface area contributed by atoms with E-state index in [1.54, 1.807) is 0 Å². The molecule has 0 amide bonds. The van der Waals surface area contributed by atoms with Gasteiger partial charge in [0, 0.05) is 6.54 Å². The third kappa shape index (κ3) is 4.68. The average Bonchev–Trinajstić information content (AvgIpc) is 2.24. The van der Waals surface area contributed by atoms with Crippen molar-refractivity contribution in [2.45, 2.75) is 6.42 Å². The van der Waals surface area contributed by atoms with Crippen LogP contribution in [0.25, 0.3) is 0 Å². The van der Waals surface area contributed by atoms with Crippen molar-refractivity contribution in [2.75, 3.05) is 17.6 Å². The Bertz CT molecular complexity index is 545. The normalized spacial score (nSPS) is 11.2. The predicted molar refractivity (Wildman–Crippen MR) is 64.4 cm³/mol. The van der Waals surface area contributed by atoms with Crippen LogP contribution in [0.4, 0.5) is 10.1 Å². The third-order valence-electron chi connectivity index (χ3n) is 2.14. The molecule has 0 unspecified atom stereocenters. The van der Waals surface area contributed by atoms with Gasteiger partial charge in [-0.2, -0.15) is 0 Å². The van der Waals surface area contributed by atoms with E-state index in [1.165, 1.54) is 12.1 Å². The Morgan fingerprint density at radius 3 is 2.61 bits per heavy atom. The summed E-state index contributed by atoms with van der Waals surface area (Å²) >= 11 is 0. The first-order valence-corrected chi connectivity index (χ1v) is 6.78. The van der Waals surface area contributed by atoms with Gasteiger partial charge in [-0.1, -0.05) is 0 Å². The van der Waals surface area contributed by atoms with E-state index in [9.17, 15) is 17.6 Å². The Morgan fingerprint density at radius 2 is 2.11 bits per heavy atom. The van der Waals surface area contributed by atoms with Gasteiger partial charge in [0.05, 0.1) is 17.0 Å². The van der Waals surface area contributed by atoms with E-state index in [1.807, 2.05) is 0 Å². The van der Waals surface area contributed by atoms with Crippen molar-refractivity contribution in [1.82, 2.24) is 0 Å². The van der Waals surface area contributed by atoms with E-state index in [4.69, 9.17) is 10.2 Å². The van der Waals surface area contributed by atoms with Crippen LogP contribution in [0.15, 0.2) is 18.2 Å². The molecule has 0 aromatic heterocycles. The van der Waals surface area contributed by atoms with Crippen LogP contribution in [0.5, 0.6) is 0 Å². The van der Waals surface area contributed by atoms with Crippen molar-refractivity contribution < 1.29 is 22.7 Å². The van der Waals surface area contributed by atoms with Gasteiger partial charge in [0.2, 0.25) is 10.0 Å². The number of hydrogen-bond donors (Lipinski definition) is 3. The van der Waals surface area contributed by atoms with E-state index >= 15 is 0 Å². The van der Waals surface area contributed by atoms with E-state index < -0.39 is 21.8 Å². The number of carbonyl (C=O) groups is 1. The molecule has 0 saturated heterocycles. The molecule has 18 heavy (non-hydrogen) atoms. The Labute approximate surface area is 104 Å². The number of nitrogens with two attached hydrogens (primary N) is 1. The molecule has 0 spiro atoms. The molecule has 0 aliphatic rings. The second-order valence-electron chi connectivity index (χ2n) is 3.65. The molecule has 0 saturated carbocycles. The second-order valence-corrected chi connectivity index (χ2v) is 5.38. The fourth-order valence-electron chi connectivity index (χ4n) is 1.29. The van der Waals surface area contributed by atoms with Gasteiger partial charge < -0.3 is 10.4 Å². The van der Waals surface area contributed by atoms with Gasteiger partial charge in [0.25, 0.3) is 0 Å². The molecule has 1 rings (SSSR count). The zero-order valence-corrected chi connectivity index (χ0v) is 10.2. The molecule has 1 aromatic rings. The van der Waals surface area contributed by atoms with Gasteiger partial charge >= 0.3 is 5.97 Å². The number of aromatic carboxylic acids is 1. The molecule has 0 aliphatic heterocycles. The van der Waals surface area contributed by atoms with E-state index in [2.05, 4.69) is 5.32 Å². The summed E-state index contributed by atoms with van der Waals surface area (Å²) in [5.74, 6) is -2.12. The molecular weight excluding hydrogens is 263 g/mol. The van der Waals surface area contributed by atoms with E-state index in [0.717, 1.165) is 6.07 Å². The van der Waals surface area contributed by atoms with Crippen molar-refractivity contribution in [3.05, 3.63) is 29.6 Å². The lowest BCUT2D eigenvalue weighted by Gasteiger charge is -2.07. The molecule has 0 aliphatic carbocycles. The highest BCUT2D eigenvalue weighted by Gasteiger charge is 2.08. The monoisotopic (exact) mass is 276 g/mol. The summed E-state index contributed by atoms with van der Waals surface area (Å²) in [5, 5.41) is 16.1. The second kappa shape index (κ2) is 5.78. The van der Waals surface area contributed by atoms with Crippen LogP contribution in [-0.2, 0) is 10.0 Å². The molecule has 1 aromatic carbocycles. The minimum atomic E-state index is -3.52. The van der Waals surface area contributed by atoms with Gasteiger partial charge in [-0.25, -0.2) is 22.7 Å². The Hall–Kier alpha value is -1.67. The number of nitrogens with one attached hydrogen (secondary N) is 1. The average molecular weight is 276 g/mol. The SMILES string of the molecule is NS(=O)(=O)CCCNc1ccc(C(=O)O)cc1F. The lowest BCUT2D eigenvalue weighted by Crippen LogP contribution is -2.18. The number of anilines is 1. The fraction of sp³-hybridized carbons (Fsp3) is 0.300. The summed E-state index contributed by atoms with van der Waals surface area (Å²) in [7, 11) is -3.52.